The average molecular weight is 618 g/mol. The zero-order chi connectivity index (χ0) is 32.0. The van der Waals surface area contributed by atoms with Crippen molar-refractivity contribution in [2.45, 2.75) is 44.8 Å². The SMILES string of the molecule is COCc1nc(-c2ccc(N(C(=O)C3CCC(CN)CC3)C(=O)[C@@H](N)Cc3cccc(-c4cccc5ncccc45)c3)cc2)n[nH]1. The van der Waals surface area contributed by atoms with Crippen molar-refractivity contribution >= 4 is 28.4 Å². The van der Waals surface area contributed by atoms with Crippen LogP contribution in [-0.4, -0.2) is 51.7 Å². The zero-order valence-electron chi connectivity index (χ0n) is 25.9. The second kappa shape index (κ2) is 14.1. The number of imide groups is 1. The van der Waals surface area contributed by atoms with Crippen LogP contribution in [0.15, 0.2) is 85.1 Å². The number of carbonyl (C=O) groups is 2. The fourth-order valence-electron chi connectivity index (χ4n) is 6.30. The van der Waals surface area contributed by atoms with E-state index in [1.807, 2.05) is 48.5 Å². The Morgan fingerprint density at radius 3 is 2.52 bits per heavy atom. The highest BCUT2D eigenvalue weighted by atomic mass is 16.5. The summed E-state index contributed by atoms with van der Waals surface area (Å²) in [5, 5.41) is 8.17. The molecule has 1 atom stereocenters. The number of pyridine rings is 1. The first kappa shape index (κ1) is 31.2. The summed E-state index contributed by atoms with van der Waals surface area (Å²) in [4.78, 5) is 38.4. The van der Waals surface area contributed by atoms with E-state index in [0.717, 1.165) is 46.0 Å². The van der Waals surface area contributed by atoms with Gasteiger partial charge in [0.15, 0.2) is 11.6 Å². The molecule has 236 valence electrons. The van der Waals surface area contributed by atoms with Crippen LogP contribution in [0.3, 0.4) is 0 Å². The Kier molecular flexibility index (Phi) is 9.58. The monoisotopic (exact) mass is 617 g/mol. The Bertz CT molecular complexity index is 1810. The lowest BCUT2D eigenvalue weighted by atomic mass is 9.81. The molecule has 0 radical (unpaired) electrons. The number of amides is 2. The van der Waals surface area contributed by atoms with Crippen molar-refractivity contribution < 1.29 is 14.3 Å². The number of anilines is 1. The first-order chi connectivity index (χ1) is 22.4. The molecule has 1 saturated carbocycles. The second-order valence-electron chi connectivity index (χ2n) is 11.9. The van der Waals surface area contributed by atoms with Gasteiger partial charge < -0.3 is 16.2 Å². The van der Waals surface area contributed by atoms with Gasteiger partial charge in [-0.3, -0.25) is 19.7 Å². The van der Waals surface area contributed by atoms with E-state index in [0.29, 0.717) is 49.2 Å². The summed E-state index contributed by atoms with van der Waals surface area (Å²) in [6.07, 6.45) is 5.18. The van der Waals surface area contributed by atoms with Crippen LogP contribution in [0.25, 0.3) is 33.4 Å². The molecule has 1 aliphatic rings. The van der Waals surface area contributed by atoms with E-state index < -0.39 is 11.9 Å². The van der Waals surface area contributed by atoms with Gasteiger partial charge in [0.2, 0.25) is 5.91 Å². The largest absolute Gasteiger partial charge is 0.377 e. The van der Waals surface area contributed by atoms with Gasteiger partial charge in [0.25, 0.3) is 5.91 Å². The van der Waals surface area contributed by atoms with Gasteiger partial charge >= 0.3 is 0 Å². The van der Waals surface area contributed by atoms with Crippen molar-refractivity contribution in [1.82, 2.24) is 20.2 Å². The third kappa shape index (κ3) is 6.74. The summed E-state index contributed by atoms with van der Waals surface area (Å²) in [5.74, 6) is 0.588. The number of methoxy groups -OCH3 is 1. The molecule has 0 bridgehead atoms. The fraction of sp³-hybridized carbons (Fsp3) is 0.306. The molecule has 10 nitrogen and oxygen atoms in total. The zero-order valence-corrected chi connectivity index (χ0v) is 25.9. The van der Waals surface area contributed by atoms with Crippen molar-refractivity contribution in [2.75, 3.05) is 18.6 Å². The minimum Gasteiger partial charge on any atom is -0.377 e. The smallest absolute Gasteiger partial charge is 0.251 e. The Hall–Kier alpha value is -4.77. The van der Waals surface area contributed by atoms with Crippen molar-refractivity contribution in [2.24, 2.45) is 23.3 Å². The van der Waals surface area contributed by atoms with E-state index >= 15 is 0 Å². The average Bonchev–Trinajstić information content (AvgIpc) is 3.57. The number of nitrogens with zero attached hydrogens (tertiary/aromatic N) is 4. The maximum Gasteiger partial charge on any atom is 0.251 e. The number of H-pyrrole nitrogens is 1. The summed E-state index contributed by atoms with van der Waals surface area (Å²) >= 11 is 0. The van der Waals surface area contributed by atoms with Gasteiger partial charge in [-0.15, -0.1) is 0 Å². The highest BCUT2D eigenvalue weighted by Crippen LogP contribution is 2.32. The molecule has 5 N–H and O–H groups in total. The number of rotatable bonds is 10. The molecular weight excluding hydrogens is 578 g/mol. The van der Waals surface area contributed by atoms with Crippen LogP contribution in [0, 0.1) is 11.8 Å². The van der Waals surface area contributed by atoms with Crippen molar-refractivity contribution in [3.63, 3.8) is 0 Å². The summed E-state index contributed by atoms with van der Waals surface area (Å²) in [5.41, 5.74) is 17.6. The van der Waals surface area contributed by atoms with Crippen molar-refractivity contribution in [3.05, 3.63) is 96.4 Å². The number of hydrogen-bond acceptors (Lipinski definition) is 8. The maximum absolute atomic E-state index is 14.1. The number of benzene rings is 3. The summed E-state index contributed by atoms with van der Waals surface area (Å²) in [6, 6.07) is 24.2. The summed E-state index contributed by atoms with van der Waals surface area (Å²) < 4.78 is 5.13. The van der Waals surface area contributed by atoms with Gasteiger partial charge in [0.1, 0.15) is 6.61 Å². The molecule has 3 aromatic carbocycles. The number of nitrogens with two attached hydrogens (primary N) is 2. The van der Waals surface area contributed by atoms with Gasteiger partial charge in [-0.1, -0.05) is 42.5 Å². The predicted octanol–water partition coefficient (Wildman–Crippen LogP) is 5.03. The molecule has 0 unspecified atom stereocenters. The first-order valence-corrected chi connectivity index (χ1v) is 15.7. The quantitative estimate of drug-likeness (QED) is 0.197. The first-order valence-electron chi connectivity index (χ1n) is 15.7. The summed E-state index contributed by atoms with van der Waals surface area (Å²) in [7, 11) is 1.59. The third-order valence-corrected chi connectivity index (χ3v) is 8.82. The lowest BCUT2D eigenvalue weighted by Gasteiger charge is -2.32. The van der Waals surface area contributed by atoms with E-state index in [2.05, 4.69) is 38.4 Å². The summed E-state index contributed by atoms with van der Waals surface area (Å²) in [6.45, 7) is 0.922. The van der Waals surface area contributed by atoms with Gasteiger partial charge in [-0.2, -0.15) is 5.10 Å². The van der Waals surface area contributed by atoms with Crippen LogP contribution in [0.2, 0.25) is 0 Å². The standard InChI is InChI=1S/C36H39N7O3/c1-46-22-33-40-34(42-41-33)25-14-16-28(17-15-25)43(35(44)26-12-10-23(21-37)11-13-26)36(45)31(38)20-24-5-2-6-27(19-24)29-7-3-9-32-30(29)8-4-18-39-32/h2-9,14-19,23,26,31H,10-13,20-22,37-38H2,1H3,(H,40,41,42)/t23?,26?,31-/m0/s1. The van der Waals surface area contributed by atoms with E-state index in [9.17, 15) is 9.59 Å². The highest BCUT2D eigenvalue weighted by Gasteiger charge is 2.35. The molecule has 1 aliphatic carbocycles. The molecule has 2 aromatic heterocycles. The lowest BCUT2D eigenvalue weighted by Crippen LogP contribution is -2.50. The Labute approximate surface area is 268 Å². The van der Waals surface area contributed by atoms with Crippen molar-refractivity contribution in [3.8, 4) is 22.5 Å². The van der Waals surface area contributed by atoms with E-state index in [4.69, 9.17) is 16.2 Å². The van der Waals surface area contributed by atoms with Gasteiger partial charge in [0, 0.05) is 30.2 Å². The molecule has 0 aliphatic heterocycles. The predicted molar refractivity (Wildman–Crippen MR) is 178 cm³/mol. The Balaban J connectivity index is 1.26. The maximum atomic E-state index is 14.1. The van der Waals surface area contributed by atoms with E-state index in [1.54, 1.807) is 25.4 Å². The molecule has 0 saturated heterocycles. The van der Waals surface area contributed by atoms with Gasteiger partial charge in [-0.05, 0) is 97.7 Å². The number of aromatic amines is 1. The lowest BCUT2D eigenvalue weighted by molar-refractivity contribution is -0.130. The molecule has 6 rings (SSSR count). The highest BCUT2D eigenvalue weighted by molar-refractivity contribution is 6.17. The fourth-order valence-corrected chi connectivity index (χ4v) is 6.30. The number of carbonyl (C=O) groups excluding carboxylic acids is 2. The molecule has 5 aromatic rings. The number of nitrogens with one attached hydrogen (secondary N) is 1. The topological polar surface area (TPSA) is 153 Å². The normalized spacial score (nSPS) is 17.1. The Morgan fingerprint density at radius 1 is 0.978 bits per heavy atom. The Morgan fingerprint density at radius 2 is 1.76 bits per heavy atom. The van der Waals surface area contributed by atoms with Crippen molar-refractivity contribution in [1.29, 1.82) is 0 Å². The minimum atomic E-state index is -0.932. The molecule has 10 heteroatoms. The molecule has 2 amide bonds. The van der Waals surface area contributed by atoms with Gasteiger partial charge in [-0.25, -0.2) is 9.88 Å². The molecule has 2 heterocycles. The minimum absolute atomic E-state index is 0.221. The van der Waals surface area contributed by atoms with Crippen LogP contribution in [0.1, 0.15) is 37.1 Å². The molecular formula is C36H39N7O3. The van der Waals surface area contributed by atoms with Crippen LogP contribution >= 0.6 is 0 Å². The van der Waals surface area contributed by atoms with E-state index in [1.165, 1.54) is 4.90 Å². The number of aromatic nitrogens is 4. The molecule has 1 fully saturated rings. The molecule has 46 heavy (non-hydrogen) atoms. The van der Waals surface area contributed by atoms with Crippen LogP contribution in [0.4, 0.5) is 5.69 Å². The second-order valence-corrected chi connectivity index (χ2v) is 11.9. The number of hydrogen-bond donors (Lipinski definition) is 3. The number of ether oxygens (including phenoxy) is 1. The van der Waals surface area contributed by atoms with Crippen LogP contribution in [-0.2, 0) is 27.4 Å². The molecule has 0 spiro atoms. The van der Waals surface area contributed by atoms with Gasteiger partial charge in [0.05, 0.1) is 17.2 Å². The third-order valence-electron chi connectivity index (χ3n) is 8.82. The number of fused-ring (bicyclic) bond motifs is 1. The van der Waals surface area contributed by atoms with Crippen LogP contribution in [0.5, 0.6) is 0 Å². The van der Waals surface area contributed by atoms with E-state index in [-0.39, 0.29) is 18.2 Å². The van der Waals surface area contributed by atoms with Crippen LogP contribution < -0.4 is 16.4 Å².